The fourth-order valence-electron chi connectivity index (χ4n) is 1.05. The Morgan fingerprint density at radius 1 is 1.09 bits per heavy atom. The smallest absolute Gasteiger partial charge is 0.343 e. The van der Waals surface area contributed by atoms with E-state index in [0.29, 0.717) is 0 Å². The monoisotopic (exact) mass is 149 g/mol. The summed E-state index contributed by atoms with van der Waals surface area (Å²) in [7, 11) is 0. The topological polar surface area (TPSA) is 3.24 Å². The van der Waals surface area contributed by atoms with Gasteiger partial charge in [-0.1, -0.05) is 20.3 Å². The predicted octanol–water partition coefficient (Wildman–Crippen LogP) is -0.663. The van der Waals surface area contributed by atoms with E-state index in [1.807, 2.05) is 0 Å². The maximum absolute atomic E-state index is 3.82. The van der Waals surface area contributed by atoms with Crippen LogP contribution in [-0.4, -0.2) is 24.5 Å². The Kier molecular flexibility index (Phi) is 13.5. The molecule has 0 aliphatic heterocycles. The number of hydrogen-bond acceptors (Lipinski definition) is 1. The van der Waals surface area contributed by atoms with E-state index in [9.17, 15) is 0 Å². The molecule has 0 fully saturated rings. The third kappa shape index (κ3) is 8.46. The number of hydrogen-bond donors (Lipinski definition) is 0. The summed E-state index contributed by atoms with van der Waals surface area (Å²) in [4.78, 5) is 2.45. The molecule has 0 unspecified atom stereocenters. The Morgan fingerprint density at radius 2 is 1.64 bits per heavy atom. The molecule has 0 aliphatic rings. The molecule has 0 saturated carbocycles. The van der Waals surface area contributed by atoms with Crippen LogP contribution in [0.25, 0.3) is 0 Å². The fraction of sp³-hybridized carbons (Fsp3) is 0.889. The van der Waals surface area contributed by atoms with Gasteiger partial charge < -0.3 is 11.8 Å². The van der Waals surface area contributed by atoms with E-state index in [4.69, 9.17) is 0 Å². The van der Waals surface area contributed by atoms with Crippen LogP contribution in [0.3, 0.4) is 0 Å². The van der Waals surface area contributed by atoms with Crippen molar-refractivity contribution in [1.82, 2.24) is 4.90 Å². The average Bonchev–Trinajstić information content (AvgIpc) is 1.99. The van der Waals surface area contributed by atoms with E-state index in [0.717, 1.165) is 6.42 Å². The number of nitrogens with zero attached hydrogens (tertiary/aromatic N) is 1. The summed E-state index contributed by atoms with van der Waals surface area (Å²) >= 11 is 0. The van der Waals surface area contributed by atoms with Crippen LogP contribution in [0, 0.1) is 6.92 Å². The largest absolute Gasteiger partial charge is 1.00 e. The Hall–Kier alpha value is 0.557. The summed E-state index contributed by atoms with van der Waals surface area (Å²) < 4.78 is 0. The molecule has 0 amide bonds. The van der Waals surface area contributed by atoms with Crippen molar-refractivity contribution in [1.29, 1.82) is 0 Å². The van der Waals surface area contributed by atoms with Gasteiger partial charge in [0.05, 0.1) is 0 Å². The molecule has 0 aromatic heterocycles. The summed E-state index contributed by atoms with van der Waals surface area (Å²) in [5, 5.41) is 0. The van der Waals surface area contributed by atoms with Gasteiger partial charge in [-0.15, -0.1) is 0 Å². The Morgan fingerprint density at radius 3 is 2.00 bits per heavy atom. The van der Waals surface area contributed by atoms with Crippen LogP contribution >= 0.6 is 0 Å². The van der Waals surface area contributed by atoms with Gasteiger partial charge in [0.15, 0.2) is 0 Å². The SMILES string of the molecule is [CH2-]CCCCN(CC)CC.[Li+]. The van der Waals surface area contributed by atoms with Gasteiger partial charge in [0.2, 0.25) is 0 Å². The van der Waals surface area contributed by atoms with E-state index >= 15 is 0 Å². The molecule has 0 saturated heterocycles. The molecular formula is C9H20LiN. The molecule has 0 heterocycles. The zero-order valence-corrected chi connectivity index (χ0v) is 8.40. The molecule has 2 heteroatoms. The van der Waals surface area contributed by atoms with Crippen molar-refractivity contribution < 1.29 is 18.9 Å². The van der Waals surface area contributed by atoms with Gasteiger partial charge >= 0.3 is 18.9 Å². The molecule has 0 aromatic rings. The predicted molar refractivity (Wildman–Crippen MR) is 47.0 cm³/mol. The van der Waals surface area contributed by atoms with E-state index in [1.54, 1.807) is 0 Å². The first-order chi connectivity index (χ1) is 4.85. The van der Waals surface area contributed by atoms with Gasteiger partial charge in [0, 0.05) is 0 Å². The normalized spacial score (nSPS) is 9.82. The molecule has 0 aliphatic carbocycles. The average molecular weight is 149 g/mol. The van der Waals surface area contributed by atoms with Crippen molar-refractivity contribution in [3.05, 3.63) is 6.92 Å². The second-order valence-electron chi connectivity index (χ2n) is 2.59. The molecule has 0 N–H and O–H groups in total. The van der Waals surface area contributed by atoms with Gasteiger partial charge in [0.1, 0.15) is 0 Å². The first-order valence-corrected chi connectivity index (χ1v) is 4.36. The second kappa shape index (κ2) is 10.6. The van der Waals surface area contributed by atoms with Crippen molar-refractivity contribution in [2.75, 3.05) is 19.6 Å². The first-order valence-electron chi connectivity index (χ1n) is 4.36. The number of unbranched alkanes of at least 4 members (excludes halogenated alkanes) is 2. The molecule has 62 valence electrons. The van der Waals surface area contributed by atoms with Crippen LogP contribution in [0.2, 0.25) is 0 Å². The molecule has 0 rings (SSSR count). The Balaban J connectivity index is 0. The zero-order valence-electron chi connectivity index (χ0n) is 8.40. The van der Waals surface area contributed by atoms with Gasteiger partial charge in [-0.3, -0.25) is 0 Å². The first kappa shape index (κ1) is 14.1. The van der Waals surface area contributed by atoms with Crippen molar-refractivity contribution in [3.8, 4) is 0 Å². The third-order valence-electron chi connectivity index (χ3n) is 1.87. The van der Waals surface area contributed by atoms with Crippen LogP contribution in [0.15, 0.2) is 0 Å². The van der Waals surface area contributed by atoms with Crippen LogP contribution in [0.4, 0.5) is 0 Å². The maximum atomic E-state index is 3.82. The summed E-state index contributed by atoms with van der Waals surface area (Å²) in [6.07, 6.45) is 3.67. The molecule has 0 aromatic carbocycles. The minimum absolute atomic E-state index is 0. The van der Waals surface area contributed by atoms with Gasteiger partial charge in [-0.25, -0.2) is 0 Å². The molecule has 0 bridgehead atoms. The molecule has 1 nitrogen and oxygen atoms in total. The minimum atomic E-state index is 0. The zero-order chi connectivity index (χ0) is 7.82. The van der Waals surface area contributed by atoms with Crippen LogP contribution in [-0.2, 0) is 0 Å². The van der Waals surface area contributed by atoms with E-state index in [1.165, 1.54) is 32.5 Å². The molecule has 0 atom stereocenters. The summed E-state index contributed by atoms with van der Waals surface area (Å²) in [6, 6.07) is 0. The quantitative estimate of drug-likeness (QED) is 0.275. The van der Waals surface area contributed by atoms with Crippen molar-refractivity contribution in [2.24, 2.45) is 0 Å². The third-order valence-corrected chi connectivity index (χ3v) is 1.87. The van der Waals surface area contributed by atoms with Crippen LogP contribution in [0.1, 0.15) is 33.1 Å². The molecule has 0 spiro atoms. The van der Waals surface area contributed by atoms with Gasteiger partial charge in [-0.2, -0.15) is 6.42 Å². The summed E-state index contributed by atoms with van der Waals surface area (Å²) in [5.74, 6) is 0. The van der Waals surface area contributed by atoms with Gasteiger partial charge in [-0.05, 0) is 26.1 Å². The molecular weight excluding hydrogens is 129 g/mol. The summed E-state index contributed by atoms with van der Waals surface area (Å²) in [6.45, 7) is 11.9. The Bertz CT molecular complexity index is 62.6. The van der Waals surface area contributed by atoms with Crippen molar-refractivity contribution in [3.63, 3.8) is 0 Å². The van der Waals surface area contributed by atoms with Gasteiger partial charge in [0.25, 0.3) is 0 Å². The van der Waals surface area contributed by atoms with Crippen molar-refractivity contribution >= 4 is 0 Å². The Labute approximate surface area is 83.7 Å². The number of rotatable bonds is 6. The molecule has 11 heavy (non-hydrogen) atoms. The van der Waals surface area contributed by atoms with Crippen molar-refractivity contribution in [2.45, 2.75) is 33.1 Å². The standard InChI is InChI=1S/C9H20N.Li/c1-4-7-8-9-10(5-2)6-3;/h1,4-9H2,2-3H3;/q-1;+1. The molecule has 0 radical (unpaired) electrons. The second-order valence-corrected chi connectivity index (χ2v) is 2.59. The van der Waals surface area contributed by atoms with Crippen LogP contribution in [0.5, 0.6) is 0 Å². The maximum Gasteiger partial charge on any atom is 1.00 e. The summed E-state index contributed by atoms with van der Waals surface area (Å²) in [5.41, 5.74) is 0. The van der Waals surface area contributed by atoms with E-state index in [-0.39, 0.29) is 18.9 Å². The van der Waals surface area contributed by atoms with E-state index < -0.39 is 0 Å². The van der Waals surface area contributed by atoms with Crippen LogP contribution < -0.4 is 18.9 Å². The van der Waals surface area contributed by atoms with E-state index in [2.05, 4.69) is 25.7 Å². The fourth-order valence-corrected chi connectivity index (χ4v) is 1.05. The minimum Gasteiger partial charge on any atom is -0.343 e.